The number of ether oxygens (including phenoxy) is 3. The molecular weight excluding hydrogens is 320 g/mol. The maximum Gasteiger partial charge on any atom is 0.340 e. The number of aliphatic hydroxyl groups is 1. The predicted molar refractivity (Wildman–Crippen MR) is 82.9 cm³/mol. The van der Waals surface area contributed by atoms with E-state index in [9.17, 15) is 24.3 Å². The number of carbonyl (C=O) groups excluding carboxylic acids is 4. The number of Topliss-reactive ketones (excluding diaryl/α,β-unsaturated/α-hetero) is 1. The molecule has 0 saturated carbocycles. The molecule has 0 heterocycles. The molecule has 0 aliphatic carbocycles. The van der Waals surface area contributed by atoms with Gasteiger partial charge in [0.1, 0.15) is 0 Å². The predicted octanol–water partition coefficient (Wildman–Crippen LogP) is 0.782. The fourth-order valence-corrected chi connectivity index (χ4v) is 2.19. The lowest BCUT2D eigenvalue weighted by Gasteiger charge is -2.30. The van der Waals surface area contributed by atoms with Gasteiger partial charge in [-0.2, -0.15) is 0 Å². The third-order valence-corrected chi connectivity index (χ3v) is 3.17. The van der Waals surface area contributed by atoms with Crippen molar-refractivity contribution >= 4 is 23.7 Å². The molecule has 0 aromatic rings. The normalized spacial score (nSPS) is 14.2. The van der Waals surface area contributed by atoms with Gasteiger partial charge in [-0.1, -0.05) is 6.92 Å². The molecule has 0 amide bonds. The second-order valence-electron chi connectivity index (χ2n) is 5.03. The Labute approximate surface area is 141 Å². The highest BCUT2D eigenvalue weighted by atomic mass is 16.6. The second-order valence-corrected chi connectivity index (χ2v) is 5.03. The van der Waals surface area contributed by atoms with Crippen molar-refractivity contribution in [1.29, 1.82) is 0 Å². The molecule has 0 aliphatic heterocycles. The first-order valence-corrected chi connectivity index (χ1v) is 8.02. The van der Waals surface area contributed by atoms with Crippen LogP contribution in [0.3, 0.4) is 0 Å². The van der Waals surface area contributed by atoms with Gasteiger partial charge < -0.3 is 19.3 Å². The fraction of sp³-hybridized carbons (Fsp3) is 0.750. The number of hydrogen-bond acceptors (Lipinski definition) is 8. The summed E-state index contributed by atoms with van der Waals surface area (Å²) in [5.41, 5.74) is -2.67. The van der Waals surface area contributed by atoms with Crippen molar-refractivity contribution in [2.45, 2.75) is 52.6 Å². The van der Waals surface area contributed by atoms with E-state index in [-0.39, 0.29) is 26.2 Å². The highest BCUT2D eigenvalue weighted by molar-refractivity contribution is 6.06. The fourth-order valence-electron chi connectivity index (χ4n) is 2.19. The molecule has 0 aromatic heterocycles. The minimum Gasteiger partial charge on any atom is -0.466 e. The van der Waals surface area contributed by atoms with E-state index in [1.54, 1.807) is 13.8 Å². The van der Waals surface area contributed by atoms with Crippen LogP contribution in [0.15, 0.2) is 0 Å². The molecule has 24 heavy (non-hydrogen) atoms. The Morgan fingerprint density at radius 3 is 1.92 bits per heavy atom. The molecule has 0 spiro atoms. The summed E-state index contributed by atoms with van der Waals surface area (Å²) in [6, 6.07) is 0. The lowest BCUT2D eigenvalue weighted by atomic mass is 9.80. The number of rotatable bonds is 11. The Kier molecular flexibility index (Phi) is 9.87. The van der Waals surface area contributed by atoms with Crippen LogP contribution in [-0.4, -0.2) is 54.2 Å². The Balaban J connectivity index is 5.85. The summed E-state index contributed by atoms with van der Waals surface area (Å²) < 4.78 is 14.3. The number of ketones is 1. The monoisotopic (exact) mass is 346 g/mol. The first-order valence-electron chi connectivity index (χ1n) is 8.02. The molecule has 1 N–H and O–H groups in total. The van der Waals surface area contributed by atoms with Crippen LogP contribution < -0.4 is 0 Å². The summed E-state index contributed by atoms with van der Waals surface area (Å²) in [6.07, 6.45) is -0.542. The standard InChI is InChI=1S/C16H26O8/c1-5-9-11(17)13(14(19)23-7-3)16(21,15(20)24-8-4)10-12(18)22-6-2/h13,21H,5-10H2,1-4H3. The zero-order valence-electron chi connectivity index (χ0n) is 14.6. The Morgan fingerprint density at radius 1 is 0.917 bits per heavy atom. The Morgan fingerprint density at radius 2 is 1.46 bits per heavy atom. The number of carbonyl (C=O) groups is 4. The molecule has 8 nitrogen and oxygen atoms in total. The zero-order valence-corrected chi connectivity index (χ0v) is 14.6. The summed E-state index contributed by atoms with van der Waals surface area (Å²) in [6.45, 7) is 6.14. The first-order chi connectivity index (χ1) is 11.3. The Bertz CT molecular complexity index is 441. The second kappa shape index (κ2) is 10.7. The van der Waals surface area contributed by atoms with Gasteiger partial charge in [-0.05, 0) is 27.2 Å². The van der Waals surface area contributed by atoms with E-state index < -0.39 is 41.6 Å². The highest BCUT2D eigenvalue weighted by Gasteiger charge is 2.54. The van der Waals surface area contributed by atoms with Crippen molar-refractivity contribution in [2.75, 3.05) is 19.8 Å². The third kappa shape index (κ3) is 5.92. The molecule has 2 atom stereocenters. The van der Waals surface area contributed by atoms with E-state index in [2.05, 4.69) is 0 Å². The van der Waals surface area contributed by atoms with Crippen LogP contribution in [0.4, 0.5) is 0 Å². The van der Waals surface area contributed by atoms with Crippen LogP contribution in [0.25, 0.3) is 0 Å². The zero-order chi connectivity index (χ0) is 18.8. The van der Waals surface area contributed by atoms with Gasteiger partial charge in [-0.3, -0.25) is 14.4 Å². The SMILES string of the molecule is CCCC(=O)C(C(=O)OCC)C(O)(CC(=O)OCC)C(=O)OCC. The average molecular weight is 346 g/mol. The molecular formula is C16H26O8. The molecule has 0 fully saturated rings. The van der Waals surface area contributed by atoms with Crippen LogP contribution in [0.5, 0.6) is 0 Å². The lowest BCUT2D eigenvalue weighted by Crippen LogP contribution is -2.55. The smallest absolute Gasteiger partial charge is 0.340 e. The summed E-state index contributed by atoms with van der Waals surface area (Å²) in [5.74, 6) is -5.78. The van der Waals surface area contributed by atoms with Gasteiger partial charge in [0.05, 0.1) is 26.2 Å². The molecule has 0 radical (unpaired) electrons. The molecule has 2 unspecified atom stereocenters. The molecule has 0 bridgehead atoms. The van der Waals surface area contributed by atoms with Crippen molar-refractivity contribution in [3.8, 4) is 0 Å². The molecule has 0 aliphatic rings. The summed E-state index contributed by atoms with van der Waals surface area (Å²) in [7, 11) is 0. The van der Waals surface area contributed by atoms with Crippen LogP contribution in [0, 0.1) is 5.92 Å². The molecule has 8 heteroatoms. The van der Waals surface area contributed by atoms with E-state index in [4.69, 9.17) is 14.2 Å². The maximum atomic E-state index is 12.3. The van der Waals surface area contributed by atoms with Crippen LogP contribution in [0.2, 0.25) is 0 Å². The van der Waals surface area contributed by atoms with E-state index >= 15 is 0 Å². The summed E-state index contributed by atoms with van der Waals surface area (Å²) >= 11 is 0. The van der Waals surface area contributed by atoms with E-state index in [0.717, 1.165) is 0 Å². The Hall–Kier alpha value is -1.96. The van der Waals surface area contributed by atoms with E-state index in [0.29, 0.717) is 6.42 Å². The van der Waals surface area contributed by atoms with Gasteiger partial charge in [-0.15, -0.1) is 0 Å². The van der Waals surface area contributed by atoms with Crippen LogP contribution in [0.1, 0.15) is 47.0 Å². The van der Waals surface area contributed by atoms with Crippen molar-refractivity contribution in [1.82, 2.24) is 0 Å². The summed E-state index contributed by atoms with van der Waals surface area (Å²) in [5, 5.41) is 10.8. The molecule has 138 valence electrons. The van der Waals surface area contributed by atoms with Crippen molar-refractivity contribution in [2.24, 2.45) is 5.92 Å². The van der Waals surface area contributed by atoms with Gasteiger partial charge in [-0.25, -0.2) is 4.79 Å². The quantitative estimate of drug-likeness (QED) is 0.331. The van der Waals surface area contributed by atoms with Crippen molar-refractivity contribution in [3.05, 3.63) is 0 Å². The minimum absolute atomic E-state index is 0.0186. The number of esters is 3. The molecule has 0 aromatic carbocycles. The van der Waals surface area contributed by atoms with E-state index in [1.165, 1.54) is 13.8 Å². The summed E-state index contributed by atoms with van der Waals surface area (Å²) in [4.78, 5) is 48.5. The maximum absolute atomic E-state index is 12.3. The molecule has 0 rings (SSSR count). The largest absolute Gasteiger partial charge is 0.466 e. The minimum atomic E-state index is -2.67. The van der Waals surface area contributed by atoms with Gasteiger partial charge in [0.2, 0.25) is 0 Å². The topological polar surface area (TPSA) is 116 Å². The van der Waals surface area contributed by atoms with Gasteiger partial charge >= 0.3 is 17.9 Å². The highest BCUT2D eigenvalue weighted by Crippen LogP contribution is 2.28. The van der Waals surface area contributed by atoms with Crippen LogP contribution >= 0.6 is 0 Å². The first kappa shape index (κ1) is 22.0. The van der Waals surface area contributed by atoms with Crippen molar-refractivity contribution in [3.63, 3.8) is 0 Å². The number of hydrogen-bond donors (Lipinski definition) is 1. The molecule has 0 saturated heterocycles. The van der Waals surface area contributed by atoms with Crippen LogP contribution in [-0.2, 0) is 33.4 Å². The van der Waals surface area contributed by atoms with Crippen molar-refractivity contribution < 1.29 is 38.5 Å². The van der Waals surface area contributed by atoms with Gasteiger partial charge in [0.25, 0.3) is 0 Å². The third-order valence-electron chi connectivity index (χ3n) is 3.17. The van der Waals surface area contributed by atoms with Gasteiger partial charge in [0.15, 0.2) is 17.3 Å². The average Bonchev–Trinajstić information content (AvgIpc) is 2.48. The van der Waals surface area contributed by atoms with E-state index in [1.807, 2.05) is 0 Å². The lowest BCUT2D eigenvalue weighted by molar-refractivity contribution is -0.187. The van der Waals surface area contributed by atoms with Gasteiger partial charge in [0, 0.05) is 6.42 Å².